The van der Waals surface area contributed by atoms with Crippen molar-refractivity contribution in [2.24, 2.45) is 0 Å². The molecule has 0 aliphatic rings. The van der Waals surface area contributed by atoms with Crippen molar-refractivity contribution in [3.8, 4) is 11.4 Å². The zero-order chi connectivity index (χ0) is 28.4. The minimum atomic E-state index is -0.621. The Kier molecular flexibility index (Phi) is 7.32. The SMILES string of the molecule is CN(C)CC(=O)Cc1cccc(-c2nc(Nc3ccc4c(cnn4C(=O)OC(C)(C)C)c3)c3ccccc3n2)c1. The first kappa shape index (κ1) is 27.0. The molecule has 204 valence electrons. The summed E-state index contributed by atoms with van der Waals surface area (Å²) in [4.78, 5) is 36.5. The van der Waals surface area contributed by atoms with Crippen molar-refractivity contribution in [3.05, 3.63) is 78.5 Å². The van der Waals surface area contributed by atoms with E-state index in [4.69, 9.17) is 14.7 Å². The number of rotatable bonds is 7. The number of carbonyl (C=O) groups is 2. The first-order chi connectivity index (χ1) is 19.1. The van der Waals surface area contributed by atoms with Gasteiger partial charge >= 0.3 is 6.09 Å². The molecule has 0 amide bonds. The van der Waals surface area contributed by atoms with Crippen LogP contribution in [0.15, 0.2) is 72.9 Å². The summed E-state index contributed by atoms with van der Waals surface area (Å²) in [5.41, 5.74) is 3.36. The molecule has 0 aliphatic carbocycles. The van der Waals surface area contributed by atoms with Crippen molar-refractivity contribution in [3.63, 3.8) is 0 Å². The summed E-state index contributed by atoms with van der Waals surface area (Å²) in [6.45, 7) is 5.85. The van der Waals surface area contributed by atoms with Crippen LogP contribution >= 0.6 is 0 Å². The number of aromatic nitrogens is 4. The second kappa shape index (κ2) is 10.9. The number of anilines is 2. The number of likely N-dealkylation sites (N-methyl/N-ethyl adjacent to an activating group) is 1. The van der Waals surface area contributed by atoms with Gasteiger partial charge in [0.25, 0.3) is 0 Å². The molecule has 0 unspecified atom stereocenters. The van der Waals surface area contributed by atoms with E-state index in [1.54, 1.807) is 6.20 Å². The summed E-state index contributed by atoms with van der Waals surface area (Å²) in [6, 6.07) is 21.2. The molecule has 0 bridgehead atoms. The van der Waals surface area contributed by atoms with Gasteiger partial charge < -0.3 is 15.0 Å². The number of para-hydroxylation sites is 1. The molecule has 1 N–H and O–H groups in total. The first-order valence-electron chi connectivity index (χ1n) is 13.1. The molecular formula is C31H32N6O3. The molecule has 2 heterocycles. The smallest absolute Gasteiger partial charge is 0.435 e. The lowest BCUT2D eigenvalue weighted by Crippen LogP contribution is -2.27. The Balaban J connectivity index is 1.47. The number of nitrogens with zero attached hydrogens (tertiary/aromatic N) is 5. The van der Waals surface area contributed by atoms with Gasteiger partial charge in [0, 0.05) is 28.4 Å². The van der Waals surface area contributed by atoms with Gasteiger partial charge in [-0.15, -0.1) is 0 Å². The summed E-state index contributed by atoms with van der Waals surface area (Å²) >= 11 is 0. The van der Waals surface area contributed by atoms with Crippen LogP contribution < -0.4 is 5.32 Å². The molecule has 2 aromatic heterocycles. The minimum absolute atomic E-state index is 0.148. The van der Waals surface area contributed by atoms with E-state index < -0.39 is 11.7 Å². The zero-order valence-corrected chi connectivity index (χ0v) is 23.3. The Morgan fingerprint density at radius 3 is 2.55 bits per heavy atom. The highest BCUT2D eigenvalue weighted by molar-refractivity contribution is 5.94. The summed E-state index contributed by atoms with van der Waals surface area (Å²) in [6.07, 6.45) is 1.46. The van der Waals surface area contributed by atoms with E-state index in [0.717, 1.165) is 33.1 Å². The van der Waals surface area contributed by atoms with Crippen molar-refractivity contribution < 1.29 is 14.3 Å². The van der Waals surface area contributed by atoms with E-state index in [1.807, 2.05) is 106 Å². The standard InChI is InChI=1S/C31H32N6O3/c1-31(2,3)40-30(39)37-27-14-13-23(17-22(27)18-32-37)33-29-25-11-6-7-12-26(25)34-28(35-29)21-10-8-9-20(15-21)16-24(38)19-36(4)5/h6-15,17-18H,16,19H2,1-5H3,(H,33,34,35). The van der Waals surface area contributed by atoms with E-state index in [2.05, 4.69) is 10.4 Å². The zero-order valence-electron chi connectivity index (χ0n) is 23.3. The normalized spacial score (nSPS) is 11.8. The fourth-order valence-corrected chi connectivity index (χ4v) is 4.46. The van der Waals surface area contributed by atoms with E-state index in [-0.39, 0.29) is 5.78 Å². The van der Waals surface area contributed by atoms with E-state index >= 15 is 0 Å². The fraction of sp³-hybridized carbons (Fsp3) is 0.258. The van der Waals surface area contributed by atoms with Crippen LogP contribution in [0.25, 0.3) is 33.2 Å². The van der Waals surface area contributed by atoms with Gasteiger partial charge in [0.05, 0.1) is 23.8 Å². The largest absolute Gasteiger partial charge is 0.442 e. The Bertz CT molecular complexity index is 1720. The number of fused-ring (bicyclic) bond motifs is 2. The number of nitrogens with one attached hydrogen (secondary N) is 1. The Hall–Kier alpha value is -4.63. The molecule has 0 spiro atoms. The van der Waals surface area contributed by atoms with Gasteiger partial charge in [-0.2, -0.15) is 9.78 Å². The summed E-state index contributed by atoms with van der Waals surface area (Å²) in [5.74, 6) is 1.35. The fourth-order valence-electron chi connectivity index (χ4n) is 4.46. The van der Waals surface area contributed by atoms with E-state index in [9.17, 15) is 9.59 Å². The van der Waals surface area contributed by atoms with Gasteiger partial charge in [0.1, 0.15) is 11.4 Å². The molecule has 0 saturated heterocycles. The van der Waals surface area contributed by atoms with E-state index in [1.165, 1.54) is 4.68 Å². The van der Waals surface area contributed by atoms with Gasteiger partial charge in [0.15, 0.2) is 11.6 Å². The Labute approximate surface area is 232 Å². The third-order valence-corrected chi connectivity index (χ3v) is 6.08. The molecule has 9 heteroatoms. The van der Waals surface area contributed by atoms with Crippen LogP contribution in [0.3, 0.4) is 0 Å². The number of Topliss-reactive ketones (excluding diaryl/α,β-unsaturated/α-hetero) is 1. The van der Waals surface area contributed by atoms with Crippen molar-refractivity contribution >= 4 is 45.2 Å². The lowest BCUT2D eigenvalue weighted by molar-refractivity contribution is -0.119. The topological polar surface area (TPSA) is 102 Å². The molecule has 0 fully saturated rings. The van der Waals surface area contributed by atoms with Crippen LogP contribution in [-0.2, 0) is 16.0 Å². The Morgan fingerprint density at radius 2 is 1.77 bits per heavy atom. The lowest BCUT2D eigenvalue weighted by atomic mass is 10.0. The van der Waals surface area contributed by atoms with Gasteiger partial charge in [-0.25, -0.2) is 14.8 Å². The van der Waals surface area contributed by atoms with Crippen LogP contribution in [-0.4, -0.2) is 62.8 Å². The number of ketones is 1. The quantitative estimate of drug-likeness (QED) is 0.277. The number of carbonyl (C=O) groups excluding carboxylic acids is 2. The predicted octanol–water partition coefficient (Wildman–Crippen LogP) is 5.85. The van der Waals surface area contributed by atoms with Crippen LogP contribution in [0.5, 0.6) is 0 Å². The molecule has 0 aliphatic heterocycles. The predicted molar refractivity (Wildman–Crippen MR) is 157 cm³/mol. The second-order valence-corrected chi connectivity index (χ2v) is 11.0. The highest BCUT2D eigenvalue weighted by Gasteiger charge is 2.20. The highest BCUT2D eigenvalue weighted by Crippen LogP contribution is 2.29. The Morgan fingerprint density at radius 1 is 0.975 bits per heavy atom. The highest BCUT2D eigenvalue weighted by atomic mass is 16.6. The summed E-state index contributed by atoms with van der Waals surface area (Å²) in [7, 11) is 3.77. The van der Waals surface area contributed by atoms with Crippen molar-refractivity contribution in [2.75, 3.05) is 26.0 Å². The maximum Gasteiger partial charge on any atom is 0.435 e. The van der Waals surface area contributed by atoms with Crippen LogP contribution in [0, 0.1) is 0 Å². The molecular weight excluding hydrogens is 504 g/mol. The van der Waals surface area contributed by atoms with Gasteiger partial charge in [-0.1, -0.05) is 30.3 Å². The number of hydrogen-bond donors (Lipinski definition) is 1. The number of ether oxygens (including phenoxy) is 1. The monoisotopic (exact) mass is 536 g/mol. The molecule has 5 aromatic rings. The first-order valence-corrected chi connectivity index (χ1v) is 13.1. The average Bonchev–Trinajstić information content (AvgIpc) is 3.31. The maximum atomic E-state index is 12.6. The van der Waals surface area contributed by atoms with Gasteiger partial charge in [-0.05, 0) is 76.8 Å². The minimum Gasteiger partial charge on any atom is -0.442 e. The molecule has 5 rings (SSSR count). The van der Waals surface area contributed by atoms with Crippen molar-refractivity contribution in [1.29, 1.82) is 0 Å². The summed E-state index contributed by atoms with van der Waals surface area (Å²) < 4.78 is 6.74. The van der Waals surface area contributed by atoms with Crippen molar-refractivity contribution in [1.82, 2.24) is 24.6 Å². The third kappa shape index (κ3) is 6.16. The molecule has 3 aromatic carbocycles. The molecule has 0 radical (unpaired) electrons. The van der Waals surface area contributed by atoms with Gasteiger partial charge in [-0.3, -0.25) is 4.79 Å². The molecule has 40 heavy (non-hydrogen) atoms. The van der Waals surface area contributed by atoms with Crippen LogP contribution in [0.4, 0.5) is 16.3 Å². The summed E-state index contributed by atoms with van der Waals surface area (Å²) in [5, 5.41) is 9.32. The van der Waals surface area contributed by atoms with Crippen LogP contribution in [0.1, 0.15) is 26.3 Å². The van der Waals surface area contributed by atoms with Crippen LogP contribution in [0.2, 0.25) is 0 Å². The van der Waals surface area contributed by atoms with Crippen molar-refractivity contribution in [2.45, 2.75) is 32.8 Å². The van der Waals surface area contributed by atoms with Gasteiger partial charge in [0.2, 0.25) is 0 Å². The number of benzene rings is 3. The maximum absolute atomic E-state index is 12.6. The van der Waals surface area contributed by atoms with E-state index in [0.29, 0.717) is 30.1 Å². The molecule has 0 saturated carbocycles. The average molecular weight is 537 g/mol. The molecule has 9 nitrogen and oxygen atoms in total. The third-order valence-electron chi connectivity index (χ3n) is 6.08. The second-order valence-electron chi connectivity index (χ2n) is 11.0. The molecule has 0 atom stereocenters. The lowest BCUT2D eigenvalue weighted by Gasteiger charge is -2.19. The number of hydrogen-bond acceptors (Lipinski definition) is 8.